The van der Waals surface area contributed by atoms with Crippen LogP contribution < -0.4 is 10.1 Å². The van der Waals surface area contributed by atoms with Gasteiger partial charge in [-0.3, -0.25) is 0 Å². The number of methoxy groups -OCH3 is 1. The molecule has 2 aromatic rings. The van der Waals surface area contributed by atoms with E-state index in [4.69, 9.17) is 4.74 Å². The Bertz CT molecular complexity index is 508. The molecule has 0 atom stereocenters. The maximum atomic E-state index is 5.14. The lowest BCUT2D eigenvalue weighted by Gasteiger charge is -2.03. The van der Waals surface area contributed by atoms with Gasteiger partial charge in [0.25, 0.3) is 0 Å². The molecule has 0 spiro atoms. The van der Waals surface area contributed by atoms with Crippen molar-refractivity contribution >= 4 is 16.7 Å². The van der Waals surface area contributed by atoms with E-state index >= 15 is 0 Å². The average Bonchev–Trinajstić information content (AvgIpc) is 2.85. The van der Waals surface area contributed by atoms with Gasteiger partial charge in [-0.2, -0.15) is 4.37 Å². The molecule has 0 saturated heterocycles. The Labute approximate surface area is 118 Å². The summed E-state index contributed by atoms with van der Waals surface area (Å²) in [7, 11) is 1.67. The third-order valence-corrected chi connectivity index (χ3v) is 3.36. The van der Waals surface area contributed by atoms with Gasteiger partial charge < -0.3 is 10.1 Å². The molecule has 0 bridgehead atoms. The van der Waals surface area contributed by atoms with E-state index in [1.807, 2.05) is 24.3 Å². The minimum absolute atomic E-state index is 0.605. The first-order valence-corrected chi connectivity index (χ1v) is 7.14. The average molecular weight is 277 g/mol. The third-order valence-electron chi connectivity index (χ3n) is 2.65. The van der Waals surface area contributed by atoms with Gasteiger partial charge in [0.05, 0.1) is 7.11 Å². The monoisotopic (exact) mass is 277 g/mol. The van der Waals surface area contributed by atoms with Crippen molar-refractivity contribution < 1.29 is 4.74 Å². The fraction of sp³-hybridized carbons (Fsp3) is 0.429. The van der Waals surface area contributed by atoms with E-state index in [0.29, 0.717) is 5.92 Å². The van der Waals surface area contributed by atoms with Crippen LogP contribution in [0, 0.1) is 5.92 Å². The zero-order valence-electron chi connectivity index (χ0n) is 11.5. The molecule has 1 heterocycles. The highest BCUT2D eigenvalue weighted by molar-refractivity contribution is 7.09. The summed E-state index contributed by atoms with van der Waals surface area (Å²) >= 11 is 1.42. The molecule has 5 heteroatoms. The predicted octanol–water partition coefficient (Wildman–Crippen LogP) is 3.21. The molecule has 0 unspecified atom stereocenters. The van der Waals surface area contributed by atoms with Crippen molar-refractivity contribution in [2.75, 3.05) is 19.0 Å². The highest BCUT2D eigenvalue weighted by Gasteiger charge is 2.05. The molecule has 1 aromatic carbocycles. The maximum Gasteiger partial charge on any atom is 0.202 e. The molecule has 19 heavy (non-hydrogen) atoms. The van der Waals surface area contributed by atoms with E-state index in [0.717, 1.165) is 29.7 Å². The third kappa shape index (κ3) is 4.21. The van der Waals surface area contributed by atoms with Crippen molar-refractivity contribution in [1.29, 1.82) is 0 Å². The molecule has 102 valence electrons. The molecule has 1 N–H and O–H groups in total. The first kappa shape index (κ1) is 13.8. The van der Waals surface area contributed by atoms with Crippen molar-refractivity contribution in [1.82, 2.24) is 9.36 Å². The molecule has 0 amide bonds. The SMILES string of the molecule is COc1ccc(Cc2nsc(NCC(C)C)n2)cc1. The molecule has 1 aromatic heterocycles. The van der Waals surface area contributed by atoms with Crippen molar-refractivity contribution in [2.24, 2.45) is 5.92 Å². The van der Waals surface area contributed by atoms with Gasteiger partial charge in [-0.15, -0.1) is 0 Å². The fourth-order valence-corrected chi connectivity index (χ4v) is 2.21. The normalized spacial score (nSPS) is 10.7. The number of rotatable bonds is 6. The Morgan fingerprint density at radius 2 is 2.00 bits per heavy atom. The number of benzene rings is 1. The van der Waals surface area contributed by atoms with Gasteiger partial charge >= 0.3 is 0 Å². The van der Waals surface area contributed by atoms with Gasteiger partial charge in [0.2, 0.25) is 5.13 Å². The van der Waals surface area contributed by atoms with Crippen LogP contribution in [0.2, 0.25) is 0 Å². The molecule has 0 saturated carbocycles. The largest absolute Gasteiger partial charge is 0.497 e. The van der Waals surface area contributed by atoms with E-state index in [2.05, 4.69) is 28.5 Å². The summed E-state index contributed by atoms with van der Waals surface area (Å²) in [6, 6.07) is 8.00. The number of hydrogen-bond acceptors (Lipinski definition) is 5. The first-order valence-electron chi connectivity index (χ1n) is 6.36. The number of aromatic nitrogens is 2. The molecule has 0 fully saturated rings. The second-order valence-corrected chi connectivity index (χ2v) is 5.57. The van der Waals surface area contributed by atoms with E-state index < -0.39 is 0 Å². The number of nitrogens with zero attached hydrogens (tertiary/aromatic N) is 2. The second-order valence-electron chi connectivity index (χ2n) is 4.82. The van der Waals surface area contributed by atoms with Crippen LogP contribution in [-0.4, -0.2) is 23.0 Å². The Balaban J connectivity index is 1.95. The lowest BCUT2D eigenvalue weighted by Crippen LogP contribution is -2.07. The van der Waals surface area contributed by atoms with Crippen molar-refractivity contribution in [3.63, 3.8) is 0 Å². The molecule has 4 nitrogen and oxygen atoms in total. The highest BCUT2D eigenvalue weighted by Crippen LogP contribution is 2.17. The summed E-state index contributed by atoms with van der Waals surface area (Å²) in [5, 5.41) is 4.19. The van der Waals surface area contributed by atoms with Crippen LogP contribution in [0.5, 0.6) is 5.75 Å². The topological polar surface area (TPSA) is 47.0 Å². The van der Waals surface area contributed by atoms with Crippen molar-refractivity contribution in [3.8, 4) is 5.75 Å². The van der Waals surface area contributed by atoms with E-state index in [1.165, 1.54) is 17.1 Å². The van der Waals surface area contributed by atoms with Crippen molar-refractivity contribution in [2.45, 2.75) is 20.3 Å². The summed E-state index contributed by atoms with van der Waals surface area (Å²) in [5.74, 6) is 2.34. The number of anilines is 1. The van der Waals surface area contributed by atoms with Crippen LogP contribution in [0.3, 0.4) is 0 Å². The van der Waals surface area contributed by atoms with Crippen LogP contribution in [0.4, 0.5) is 5.13 Å². The lowest BCUT2D eigenvalue weighted by atomic mass is 10.1. The zero-order chi connectivity index (χ0) is 13.7. The standard InChI is InChI=1S/C14H19N3OS/c1-10(2)9-15-14-16-13(17-19-14)8-11-4-6-12(18-3)7-5-11/h4-7,10H,8-9H2,1-3H3,(H,15,16,17). The van der Waals surface area contributed by atoms with Crippen LogP contribution in [0.25, 0.3) is 0 Å². The second kappa shape index (κ2) is 6.52. The van der Waals surface area contributed by atoms with E-state index in [1.54, 1.807) is 7.11 Å². The summed E-state index contributed by atoms with van der Waals surface area (Å²) in [6.45, 7) is 5.27. The van der Waals surface area contributed by atoms with Gasteiger partial charge in [0, 0.05) is 24.5 Å². The van der Waals surface area contributed by atoms with Crippen LogP contribution in [0.1, 0.15) is 25.2 Å². The summed E-state index contributed by atoms with van der Waals surface area (Å²) in [6.07, 6.45) is 0.754. The van der Waals surface area contributed by atoms with Gasteiger partial charge in [-0.25, -0.2) is 4.98 Å². The van der Waals surface area contributed by atoms with Gasteiger partial charge in [-0.05, 0) is 23.6 Å². The molecule has 0 radical (unpaired) electrons. The molecule has 0 aliphatic carbocycles. The highest BCUT2D eigenvalue weighted by atomic mass is 32.1. The smallest absolute Gasteiger partial charge is 0.202 e. The minimum Gasteiger partial charge on any atom is -0.497 e. The van der Waals surface area contributed by atoms with Gasteiger partial charge in [-0.1, -0.05) is 26.0 Å². The Morgan fingerprint density at radius 3 is 2.63 bits per heavy atom. The Hall–Kier alpha value is -1.62. The predicted molar refractivity (Wildman–Crippen MR) is 79.0 cm³/mol. The quantitative estimate of drug-likeness (QED) is 0.880. The van der Waals surface area contributed by atoms with Gasteiger partial charge in [0.15, 0.2) is 0 Å². The van der Waals surface area contributed by atoms with E-state index in [9.17, 15) is 0 Å². The Kier molecular flexibility index (Phi) is 4.74. The minimum atomic E-state index is 0.605. The summed E-state index contributed by atoms with van der Waals surface area (Å²) in [4.78, 5) is 4.49. The lowest BCUT2D eigenvalue weighted by molar-refractivity contribution is 0.414. The van der Waals surface area contributed by atoms with E-state index in [-0.39, 0.29) is 0 Å². The molecular formula is C14H19N3OS. The van der Waals surface area contributed by atoms with Gasteiger partial charge in [0.1, 0.15) is 11.6 Å². The first-order chi connectivity index (χ1) is 9.17. The van der Waals surface area contributed by atoms with Crippen LogP contribution in [-0.2, 0) is 6.42 Å². The van der Waals surface area contributed by atoms with Crippen LogP contribution in [0.15, 0.2) is 24.3 Å². The van der Waals surface area contributed by atoms with Crippen molar-refractivity contribution in [3.05, 3.63) is 35.7 Å². The zero-order valence-corrected chi connectivity index (χ0v) is 12.3. The summed E-state index contributed by atoms with van der Waals surface area (Å²) < 4.78 is 9.51. The number of ether oxygens (including phenoxy) is 1. The number of nitrogens with one attached hydrogen (secondary N) is 1. The molecule has 2 rings (SSSR count). The molecule has 0 aliphatic heterocycles. The number of hydrogen-bond donors (Lipinski definition) is 1. The molecular weight excluding hydrogens is 258 g/mol. The van der Waals surface area contributed by atoms with Crippen LogP contribution >= 0.6 is 11.5 Å². The fourth-order valence-electron chi connectivity index (χ4n) is 1.61. The molecule has 0 aliphatic rings. The Morgan fingerprint density at radius 1 is 1.26 bits per heavy atom. The maximum absolute atomic E-state index is 5.14. The summed E-state index contributed by atoms with van der Waals surface area (Å²) in [5.41, 5.74) is 1.19.